The Morgan fingerprint density at radius 1 is 1.38 bits per heavy atom. The standard InChI is InChI=1S/C17H18N4O2S/c1-4-23-17(22)13-9-18-16-14(13)15(19-10-20-16)11-6-5-7-12(8-11)21(2)24-3/h5-10H,4H2,1-3H3,(H,18,19,20). The van der Waals surface area contributed by atoms with E-state index in [1.54, 1.807) is 25.1 Å². The fourth-order valence-corrected chi connectivity index (χ4v) is 2.83. The SMILES string of the molecule is CCOC(=O)c1c[nH]c2ncnc(-c3cccc(N(C)SC)c3)c12. The molecule has 1 N–H and O–H groups in total. The second-order valence-corrected chi connectivity index (χ2v) is 6.01. The number of nitrogens with one attached hydrogen (secondary N) is 1. The molecule has 0 saturated carbocycles. The first kappa shape index (κ1) is 16.3. The number of hydrogen-bond donors (Lipinski definition) is 1. The Morgan fingerprint density at radius 3 is 2.96 bits per heavy atom. The number of hydrogen-bond acceptors (Lipinski definition) is 6. The van der Waals surface area contributed by atoms with Crippen molar-refractivity contribution in [1.82, 2.24) is 15.0 Å². The maximum absolute atomic E-state index is 12.2. The molecule has 6 nitrogen and oxygen atoms in total. The van der Waals surface area contributed by atoms with Gasteiger partial charge in [0, 0.05) is 30.8 Å². The molecule has 0 aliphatic heterocycles. The lowest BCUT2D eigenvalue weighted by molar-refractivity contribution is 0.0528. The predicted molar refractivity (Wildman–Crippen MR) is 97.2 cm³/mol. The van der Waals surface area contributed by atoms with Crippen LogP contribution in [0.3, 0.4) is 0 Å². The van der Waals surface area contributed by atoms with Gasteiger partial charge in [0.1, 0.15) is 12.0 Å². The lowest BCUT2D eigenvalue weighted by Gasteiger charge is -2.16. The Kier molecular flexibility index (Phi) is 4.71. The highest BCUT2D eigenvalue weighted by molar-refractivity contribution is 7.99. The summed E-state index contributed by atoms with van der Waals surface area (Å²) in [4.78, 5) is 23.9. The van der Waals surface area contributed by atoms with Gasteiger partial charge < -0.3 is 14.0 Å². The molecule has 0 unspecified atom stereocenters. The van der Waals surface area contributed by atoms with Gasteiger partial charge in [-0.25, -0.2) is 14.8 Å². The van der Waals surface area contributed by atoms with E-state index in [9.17, 15) is 4.79 Å². The summed E-state index contributed by atoms with van der Waals surface area (Å²) in [6, 6.07) is 8.02. The number of rotatable bonds is 5. The van der Waals surface area contributed by atoms with Crippen LogP contribution >= 0.6 is 11.9 Å². The van der Waals surface area contributed by atoms with Crippen LogP contribution in [0.15, 0.2) is 36.8 Å². The van der Waals surface area contributed by atoms with Gasteiger partial charge in [-0.1, -0.05) is 24.1 Å². The number of carbonyl (C=O) groups is 1. The van der Waals surface area contributed by atoms with Gasteiger partial charge in [-0.2, -0.15) is 0 Å². The molecule has 0 bridgehead atoms. The van der Waals surface area contributed by atoms with Crippen LogP contribution in [0.2, 0.25) is 0 Å². The van der Waals surface area contributed by atoms with Crippen molar-refractivity contribution in [3.8, 4) is 11.3 Å². The van der Waals surface area contributed by atoms with E-state index < -0.39 is 0 Å². The zero-order valence-corrected chi connectivity index (χ0v) is 14.6. The third kappa shape index (κ3) is 2.94. The minimum atomic E-state index is -0.378. The number of anilines is 1. The fourth-order valence-electron chi connectivity index (χ4n) is 2.51. The molecule has 0 aliphatic carbocycles. The average Bonchev–Trinajstić information content (AvgIpc) is 3.05. The van der Waals surface area contributed by atoms with E-state index in [0.29, 0.717) is 28.9 Å². The number of carbonyl (C=O) groups excluding carboxylic acids is 1. The molecule has 7 heteroatoms. The third-order valence-corrected chi connectivity index (χ3v) is 4.48. The van der Waals surface area contributed by atoms with E-state index in [1.807, 2.05) is 37.6 Å². The predicted octanol–water partition coefficient (Wildman–Crippen LogP) is 3.52. The Hall–Kier alpha value is -2.54. The number of aromatic amines is 1. The molecule has 0 radical (unpaired) electrons. The third-order valence-electron chi connectivity index (χ3n) is 3.72. The molecule has 0 atom stereocenters. The monoisotopic (exact) mass is 342 g/mol. The topological polar surface area (TPSA) is 71.1 Å². The maximum atomic E-state index is 12.2. The van der Waals surface area contributed by atoms with Crippen LogP contribution in [0.4, 0.5) is 5.69 Å². The Morgan fingerprint density at radius 2 is 2.21 bits per heavy atom. The van der Waals surface area contributed by atoms with Crippen LogP contribution in [-0.2, 0) is 4.74 Å². The zero-order chi connectivity index (χ0) is 17.1. The van der Waals surface area contributed by atoms with Crippen molar-refractivity contribution in [3.05, 3.63) is 42.4 Å². The van der Waals surface area contributed by atoms with Gasteiger partial charge in [0.05, 0.1) is 23.3 Å². The summed E-state index contributed by atoms with van der Waals surface area (Å²) in [7, 11) is 2.00. The van der Waals surface area contributed by atoms with E-state index >= 15 is 0 Å². The van der Waals surface area contributed by atoms with Crippen LogP contribution in [0.5, 0.6) is 0 Å². The van der Waals surface area contributed by atoms with Crippen LogP contribution in [0.25, 0.3) is 22.3 Å². The highest BCUT2D eigenvalue weighted by Gasteiger charge is 2.19. The fraction of sp³-hybridized carbons (Fsp3) is 0.235. The molecule has 0 spiro atoms. The maximum Gasteiger partial charge on any atom is 0.340 e. The molecule has 3 rings (SSSR count). The van der Waals surface area contributed by atoms with Gasteiger partial charge in [-0.05, 0) is 19.1 Å². The summed E-state index contributed by atoms with van der Waals surface area (Å²) in [5, 5.41) is 0.680. The van der Waals surface area contributed by atoms with E-state index in [-0.39, 0.29) is 5.97 Å². The van der Waals surface area contributed by atoms with Crippen LogP contribution < -0.4 is 4.31 Å². The summed E-state index contributed by atoms with van der Waals surface area (Å²) in [5.41, 5.74) is 3.75. The molecule has 1 aromatic carbocycles. The van der Waals surface area contributed by atoms with E-state index in [0.717, 1.165) is 11.3 Å². The molecule has 124 valence electrons. The van der Waals surface area contributed by atoms with E-state index in [2.05, 4.69) is 19.3 Å². The summed E-state index contributed by atoms with van der Waals surface area (Å²) < 4.78 is 7.20. The minimum absolute atomic E-state index is 0.322. The molecule has 0 aliphatic rings. The minimum Gasteiger partial charge on any atom is -0.462 e. The largest absolute Gasteiger partial charge is 0.462 e. The second-order valence-electron chi connectivity index (χ2n) is 5.10. The quantitative estimate of drug-likeness (QED) is 0.565. The summed E-state index contributed by atoms with van der Waals surface area (Å²) >= 11 is 1.62. The molecule has 2 aromatic heterocycles. The van der Waals surface area contributed by atoms with Gasteiger partial charge in [-0.3, -0.25) is 0 Å². The first-order valence-electron chi connectivity index (χ1n) is 7.53. The number of nitrogens with zero attached hydrogens (tertiary/aromatic N) is 3. The number of esters is 1. The molecule has 0 fully saturated rings. The second kappa shape index (κ2) is 6.92. The average molecular weight is 342 g/mol. The van der Waals surface area contributed by atoms with Crippen molar-refractivity contribution in [2.24, 2.45) is 0 Å². The number of aromatic nitrogens is 3. The molecule has 3 aromatic rings. The molecule has 0 saturated heterocycles. The molecule has 2 heterocycles. The lowest BCUT2D eigenvalue weighted by atomic mass is 10.1. The van der Waals surface area contributed by atoms with Crippen molar-refractivity contribution in [1.29, 1.82) is 0 Å². The Balaban J connectivity index is 2.16. The van der Waals surface area contributed by atoms with Crippen LogP contribution in [-0.4, -0.2) is 40.8 Å². The number of benzene rings is 1. The summed E-state index contributed by atoms with van der Waals surface area (Å²) in [6.45, 7) is 2.11. The smallest absolute Gasteiger partial charge is 0.340 e. The van der Waals surface area contributed by atoms with Gasteiger partial charge in [0.25, 0.3) is 0 Å². The highest BCUT2D eigenvalue weighted by atomic mass is 32.2. The number of ether oxygens (including phenoxy) is 1. The molecule has 24 heavy (non-hydrogen) atoms. The number of H-pyrrole nitrogens is 1. The summed E-state index contributed by atoms with van der Waals surface area (Å²) in [5.74, 6) is -0.378. The lowest BCUT2D eigenvalue weighted by Crippen LogP contribution is -2.05. The van der Waals surface area contributed by atoms with Crippen LogP contribution in [0, 0.1) is 0 Å². The van der Waals surface area contributed by atoms with Crippen molar-refractivity contribution in [3.63, 3.8) is 0 Å². The van der Waals surface area contributed by atoms with Crippen molar-refractivity contribution < 1.29 is 9.53 Å². The molecule has 0 amide bonds. The first-order chi connectivity index (χ1) is 11.7. The van der Waals surface area contributed by atoms with Gasteiger partial charge in [-0.15, -0.1) is 0 Å². The van der Waals surface area contributed by atoms with Crippen molar-refractivity contribution in [2.75, 3.05) is 24.2 Å². The Labute approximate surface area is 144 Å². The summed E-state index contributed by atoms with van der Waals surface area (Å²) in [6.07, 6.45) is 5.13. The van der Waals surface area contributed by atoms with Gasteiger partial charge in [0.2, 0.25) is 0 Å². The number of fused-ring (bicyclic) bond motifs is 1. The van der Waals surface area contributed by atoms with Gasteiger partial charge >= 0.3 is 5.97 Å². The Bertz CT molecular complexity index is 878. The van der Waals surface area contributed by atoms with Crippen molar-refractivity contribution in [2.45, 2.75) is 6.92 Å². The first-order valence-corrected chi connectivity index (χ1v) is 8.71. The van der Waals surface area contributed by atoms with Gasteiger partial charge in [0.15, 0.2) is 0 Å². The normalized spacial score (nSPS) is 10.8. The van der Waals surface area contributed by atoms with Crippen LogP contribution in [0.1, 0.15) is 17.3 Å². The highest BCUT2D eigenvalue weighted by Crippen LogP contribution is 2.31. The zero-order valence-electron chi connectivity index (χ0n) is 13.7. The van der Waals surface area contributed by atoms with E-state index in [1.165, 1.54) is 6.33 Å². The van der Waals surface area contributed by atoms with E-state index in [4.69, 9.17) is 4.74 Å². The van der Waals surface area contributed by atoms with Crippen molar-refractivity contribution >= 4 is 34.6 Å². The molecular formula is C17H18N4O2S. The molecular weight excluding hydrogens is 324 g/mol.